The van der Waals surface area contributed by atoms with Crippen LogP contribution in [0.3, 0.4) is 0 Å². The highest BCUT2D eigenvalue weighted by atomic mass is 32.2. The SMILES string of the molecule is CCNCc1ccc(S(=O)(=O)NC(C)C(CC)CC)cc1. The lowest BCUT2D eigenvalue weighted by Gasteiger charge is -2.22. The van der Waals surface area contributed by atoms with Gasteiger partial charge in [-0.15, -0.1) is 0 Å². The predicted octanol–water partition coefficient (Wildman–Crippen LogP) is 2.90. The summed E-state index contributed by atoms with van der Waals surface area (Å²) in [6.07, 6.45) is 1.95. The molecule has 1 aromatic rings. The van der Waals surface area contributed by atoms with Crippen LogP contribution < -0.4 is 10.0 Å². The summed E-state index contributed by atoms with van der Waals surface area (Å²) >= 11 is 0. The molecule has 2 N–H and O–H groups in total. The molecule has 0 aliphatic heterocycles. The zero-order valence-electron chi connectivity index (χ0n) is 13.5. The number of sulfonamides is 1. The van der Waals surface area contributed by atoms with Crippen LogP contribution in [0.5, 0.6) is 0 Å². The molecule has 1 unspecified atom stereocenters. The van der Waals surface area contributed by atoms with Crippen molar-refractivity contribution in [2.24, 2.45) is 5.92 Å². The van der Waals surface area contributed by atoms with E-state index in [1.54, 1.807) is 12.1 Å². The Balaban J connectivity index is 2.78. The highest BCUT2D eigenvalue weighted by Crippen LogP contribution is 2.17. The second-order valence-electron chi connectivity index (χ2n) is 5.41. The number of rotatable bonds is 9. The molecule has 0 radical (unpaired) electrons. The minimum Gasteiger partial charge on any atom is -0.313 e. The van der Waals surface area contributed by atoms with Gasteiger partial charge in [0.1, 0.15) is 0 Å². The summed E-state index contributed by atoms with van der Waals surface area (Å²) in [5, 5.41) is 3.22. The summed E-state index contributed by atoms with van der Waals surface area (Å²) in [6, 6.07) is 7.02. The molecule has 0 saturated heterocycles. The maximum absolute atomic E-state index is 12.4. The van der Waals surface area contributed by atoms with Gasteiger partial charge in [0.25, 0.3) is 0 Å². The highest BCUT2D eigenvalue weighted by Gasteiger charge is 2.21. The van der Waals surface area contributed by atoms with Crippen LogP contribution in [0.25, 0.3) is 0 Å². The molecule has 1 rings (SSSR count). The van der Waals surface area contributed by atoms with Gasteiger partial charge in [0.05, 0.1) is 4.90 Å². The molecule has 120 valence electrons. The Kier molecular flexibility index (Phi) is 7.35. The maximum atomic E-state index is 12.4. The lowest BCUT2D eigenvalue weighted by atomic mass is 9.96. The topological polar surface area (TPSA) is 58.2 Å². The predicted molar refractivity (Wildman–Crippen MR) is 87.7 cm³/mol. The zero-order valence-corrected chi connectivity index (χ0v) is 14.3. The van der Waals surface area contributed by atoms with Gasteiger partial charge >= 0.3 is 0 Å². The molecule has 5 heteroatoms. The van der Waals surface area contributed by atoms with Gasteiger partial charge < -0.3 is 5.32 Å². The number of hydrogen-bond donors (Lipinski definition) is 2. The van der Waals surface area contributed by atoms with E-state index in [0.29, 0.717) is 10.8 Å². The van der Waals surface area contributed by atoms with Gasteiger partial charge in [-0.05, 0) is 37.1 Å². The van der Waals surface area contributed by atoms with E-state index in [1.807, 2.05) is 26.0 Å². The van der Waals surface area contributed by atoms with Crippen molar-refractivity contribution in [3.05, 3.63) is 29.8 Å². The fourth-order valence-electron chi connectivity index (χ4n) is 2.46. The highest BCUT2D eigenvalue weighted by molar-refractivity contribution is 7.89. The van der Waals surface area contributed by atoms with Gasteiger partial charge in [-0.1, -0.05) is 45.7 Å². The van der Waals surface area contributed by atoms with E-state index in [-0.39, 0.29) is 6.04 Å². The third-order valence-electron chi connectivity index (χ3n) is 3.91. The van der Waals surface area contributed by atoms with Gasteiger partial charge in [0, 0.05) is 12.6 Å². The fourth-order valence-corrected chi connectivity index (χ4v) is 3.77. The normalized spacial score (nSPS) is 13.6. The smallest absolute Gasteiger partial charge is 0.240 e. The summed E-state index contributed by atoms with van der Waals surface area (Å²) in [6.45, 7) is 9.82. The number of benzene rings is 1. The van der Waals surface area contributed by atoms with E-state index in [0.717, 1.165) is 31.5 Å². The monoisotopic (exact) mass is 312 g/mol. The van der Waals surface area contributed by atoms with Crippen LogP contribution in [0.1, 0.15) is 46.1 Å². The molecule has 0 bridgehead atoms. The van der Waals surface area contributed by atoms with Crippen LogP contribution >= 0.6 is 0 Å². The van der Waals surface area contributed by atoms with Crippen LogP contribution in [0.15, 0.2) is 29.2 Å². The average molecular weight is 312 g/mol. The Morgan fingerprint density at radius 2 is 1.62 bits per heavy atom. The Labute approximate surface area is 129 Å². The van der Waals surface area contributed by atoms with Crippen molar-refractivity contribution < 1.29 is 8.42 Å². The van der Waals surface area contributed by atoms with Crippen molar-refractivity contribution in [3.8, 4) is 0 Å². The molecule has 4 nitrogen and oxygen atoms in total. The molecule has 0 saturated carbocycles. The molecule has 1 atom stereocenters. The first kappa shape index (κ1) is 18.1. The summed E-state index contributed by atoms with van der Waals surface area (Å²) in [4.78, 5) is 0.334. The van der Waals surface area contributed by atoms with Crippen LogP contribution in [0, 0.1) is 5.92 Å². The quantitative estimate of drug-likeness (QED) is 0.737. The standard InChI is InChI=1S/C16H28N2O2S/c1-5-15(6-2)13(4)18-21(19,20)16-10-8-14(9-11-16)12-17-7-3/h8-11,13,15,17-18H,5-7,12H2,1-4H3. The Bertz CT molecular complexity index is 508. The molecule has 0 aromatic heterocycles. The molecular weight excluding hydrogens is 284 g/mol. The van der Waals surface area contributed by atoms with E-state index < -0.39 is 10.0 Å². The van der Waals surface area contributed by atoms with E-state index in [2.05, 4.69) is 23.9 Å². The molecule has 0 heterocycles. The van der Waals surface area contributed by atoms with Crippen LogP contribution in [-0.4, -0.2) is 21.0 Å². The van der Waals surface area contributed by atoms with Gasteiger partial charge in [-0.25, -0.2) is 13.1 Å². The lowest BCUT2D eigenvalue weighted by Crippen LogP contribution is -2.37. The molecule has 0 aliphatic rings. The largest absolute Gasteiger partial charge is 0.313 e. The van der Waals surface area contributed by atoms with Crippen molar-refractivity contribution in [1.29, 1.82) is 0 Å². The first-order valence-corrected chi connectivity index (χ1v) is 9.24. The van der Waals surface area contributed by atoms with E-state index >= 15 is 0 Å². The summed E-state index contributed by atoms with van der Waals surface area (Å²) in [5.74, 6) is 0.368. The van der Waals surface area contributed by atoms with Crippen LogP contribution in [-0.2, 0) is 16.6 Å². The average Bonchev–Trinajstić information content (AvgIpc) is 2.46. The fraction of sp³-hybridized carbons (Fsp3) is 0.625. The number of hydrogen-bond acceptors (Lipinski definition) is 3. The molecule has 1 aromatic carbocycles. The van der Waals surface area contributed by atoms with E-state index in [9.17, 15) is 8.42 Å². The van der Waals surface area contributed by atoms with Gasteiger partial charge in [-0.3, -0.25) is 0 Å². The zero-order chi connectivity index (χ0) is 15.9. The molecule has 21 heavy (non-hydrogen) atoms. The summed E-state index contributed by atoms with van der Waals surface area (Å²) < 4.78 is 27.5. The van der Waals surface area contributed by atoms with E-state index in [1.165, 1.54) is 0 Å². The van der Waals surface area contributed by atoms with Gasteiger partial charge in [0.2, 0.25) is 10.0 Å². The minimum atomic E-state index is -3.43. The Morgan fingerprint density at radius 3 is 2.10 bits per heavy atom. The minimum absolute atomic E-state index is 0.0496. The summed E-state index contributed by atoms with van der Waals surface area (Å²) in [7, 11) is -3.43. The molecule has 0 aliphatic carbocycles. The molecular formula is C16H28N2O2S. The second kappa shape index (κ2) is 8.51. The van der Waals surface area contributed by atoms with Crippen LogP contribution in [0.4, 0.5) is 0 Å². The van der Waals surface area contributed by atoms with Crippen molar-refractivity contribution in [2.45, 2.75) is 58.0 Å². The first-order chi connectivity index (χ1) is 9.94. The van der Waals surface area contributed by atoms with E-state index in [4.69, 9.17) is 0 Å². The van der Waals surface area contributed by atoms with Crippen molar-refractivity contribution >= 4 is 10.0 Å². The van der Waals surface area contributed by atoms with Gasteiger partial charge in [-0.2, -0.15) is 0 Å². The van der Waals surface area contributed by atoms with Crippen molar-refractivity contribution in [2.75, 3.05) is 6.54 Å². The van der Waals surface area contributed by atoms with Crippen molar-refractivity contribution in [1.82, 2.24) is 10.0 Å². The first-order valence-electron chi connectivity index (χ1n) is 7.76. The third-order valence-corrected chi connectivity index (χ3v) is 5.48. The summed E-state index contributed by atoms with van der Waals surface area (Å²) in [5.41, 5.74) is 1.09. The van der Waals surface area contributed by atoms with Crippen LogP contribution in [0.2, 0.25) is 0 Å². The van der Waals surface area contributed by atoms with Crippen molar-refractivity contribution in [3.63, 3.8) is 0 Å². The maximum Gasteiger partial charge on any atom is 0.240 e. The molecule has 0 fully saturated rings. The third kappa shape index (κ3) is 5.41. The Hall–Kier alpha value is -0.910. The Morgan fingerprint density at radius 1 is 1.05 bits per heavy atom. The van der Waals surface area contributed by atoms with Gasteiger partial charge in [0.15, 0.2) is 0 Å². The molecule has 0 amide bonds. The second-order valence-corrected chi connectivity index (χ2v) is 7.12. The lowest BCUT2D eigenvalue weighted by molar-refractivity contribution is 0.391. The number of nitrogens with one attached hydrogen (secondary N) is 2. The molecule has 0 spiro atoms.